The molecule has 0 aliphatic carbocycles. The molecule has 0 unspecified atom stereocenters. The molecule has 1 amide bonds. The number of halogens is 1. The molecule has 1 fully saturated rings. The molecule has 0 radical (unpaired) electrons. The predicted octanol–water partition coefficient (Wildman–Crippen LogP) is 2.59. The topological polar surface area (TPSA) is 54.3 Å². The van der Waals surface area contributed by atoms with Gasteiger partial charge < -0.3 is 14.4 Å². The first-order valence-electron chi connectivity index (χ1n) is 10.3. The maximum atomic E-state index is 13.0. The Bertz CT molecular complexity index is 819. The maximum absolute atomic E-state index is 13.0. The van der Waals surface area contributed by atoms with E-state index in [-0.39, 0.29) is 17.8 Å². The summed E-state index contributed by atoms with van der Waals surface area (Å²) < 4.78 is 15.2. The van der Waals surface area contributed by atoms with Crippen molar-refractivity contribution in [2.45, 2.75) is 51.1 Å². The highest BCUT2D eigenvalue weighted by molar-refractivity contribution is 5.76. The normalized spacial score (nSPS) is 20.2. The number of hydrogen-bond acceptors (Lipinski definition) is 4. The van der Waals surface area contributed by atoms with Gasteiger partial charge in [-0.1, -0.05) is 12.1 Å². The van der Waals surface area contributed by atoms with E-state index < -0.39 is 0 Å². The molecule has 1 aromatic carbocycles. The molecule has 1 saturated heterocycles. The number of rotatable bonds is 5. The van der Waals surface area contributed by atoms with E-state index in [0.29, 0.717) is 6.42 Å². The highest BCUT2D eigenvalue weighted by Crippen LogP contribution is 2.32. The number of fused-ring (bicyclic) bond motifs is 1. The minimum atomic E-state index is -0.224. The smallest absolute Gasteiger partial charge is 0.223 e. The second kappa shape index (κ2) is 8.39. The van der Waals surface area contributed by atoms with Gasteiger partial charge in [0.25, 0.3) is 0 Å². The van der Waals surface area contributed by atoms with Crippen molar-refractivity contribution in [3.8, 4) is 0 Å². The minimum absolute atomic E-state index is 0.0444. The Morgan fingerprint density at radius 1 is 1.14 bits per heavy atom. The van der Waals surface area contributed by atoms with Crippen molar-refractivity contribution in [1.29, 1.82) is 0 Å². The van der Waals surface area contributed by atoms with E-state index in [1.165, 1.54) is 12.1 Å². The lowest BCUT2D eigenvalue weighted by atomic mass is 10.1. The van der Waals surface area contributed by atoms with Crippen LogP contribution in [0.4, 0.5) is 4.39 Å². The molecule has 28 heavy (non-hydrogen) atoms. The van der Waals surface area contributed by atoms with Gasteiger partial charge in [-0.2, -0.15) is 0 Å². The van der Waals surface area contributed by atoms with E-state index in [4.69, 9.17) is 0 Å². The third kappa shape index (κ3) is 4.09. The fourth-order valence-corrected chi connectivity index (χ4v) is 4.27. The number of carbonyl (C=O) groups is 1. The van der Waals surface area contributed by atoms with Gasteiger partial charge in [-0.3, -0.25) is 4.79 Å². The van der Waals surface area contributed by atoms with Crippen LogP contribution < -0.4 is 0 Å². The second-order valence-electron chi connectivity index (χ2n) is 7.90. The molecule has 1 aromatic heterocycles. The number of benzene rings is 1. The van der Waals surface area contributed by atoms with Gasteiger partial charge in [0.15, 0.2) is 5.82 Å². The Morgan fingerprint density at radius 3 is 2.79 bits per heavy atom. The zero-order valence-corrected chi connectivity index (χ0v) is 16.5. The summed E-state index contributed by atoms with van der Waals surface area (Å²) in [7, 11) is 2.13. The number of nitrogens with zero attached hydrogens (tertiary/aromatic N) is 5. The third-order valence-electron chi connectivity index (χ3n) is 5.92. The average molecular weight is 385 g/mol. The molecular formula is C21H28FN5O. The van der Waals surface area contributed by atoms with Gasteiger partial charge in [0.2, 0.25) is 5.91 Å². The van der Waals surface area contributed by atoms with Crippen LogP contribution in [0.3, 0.4) is 0 Å². The van der Waals surface area contributed by atoms with E-state index in [2.05, 4.69) is 26.7 Å². The molecule has 7 heteroatoms. The second-order valence-corrected chi connectivity index (χ2v) is 7.90. The van der Waals surface area contributed by atoms with Crippen molar-refractivity contribution in [2.75, 3.05) is 26.7 Å². The summed E-state index contributed by atoms with van der Waals surface area (Å²) in [6.45, 7) is 3.66. The Morgan fingerprint density at radius 2 is 1.96 bits per heavy atom. The zero-order chi connectivity index (χ0) is 19.5. The first kappa shape index (κ1) is 19.1. The first-order valence-corrected chi connectivity index (χ1v) is 10.3. The summed E-state index contributed by atoms with van der Waals surface area (Å²) in [6, 6.07) is 6.58. The van der Waals surface area contributed by atoms with Crippen LogP contribution in [0, 0.1) is 5.82 Å². The molecule has 1 atom stereocenters. The molecule has 0 saturated carbocycles. The van der Waals surface area contributed by atoms with Crippen LogP contribution in [0.2, 0.25) is 0 Å². The van der Waals surface area contributed by atoms with Crippen molar-refractivity contribution in [1.82, 2.24) is 24.6 Å². The van der Waals surface area contributed by atoms with Crippen molar-refractivity contribution in [3.63, 3.8) is 0 Å². The van der Waals surface area contributed by atoms with Crippen LogP contribution in [0.5, 0.6) is 0 Å². The van der Waals surface area contributed by atoms with E-state index in [1.807, 2.05) is 4.90 Å². The minimum Gasteiger partial charge on any atom is -0.332 e. The summed E-state index contributed by atoms with van der Waals surface area (Å²) in [5.74, 6) is 1.95. The van der Waals surface area contributed by atoms with Crippen LogP contribution in [-0.4, -0.2) is 57.2 Å². The summed E-state index contributed by atoms with van der Waals surface area (Å²) in [4.78, 5) is 17.2. The molecule has 150 valence electrons. The maximum Gasteiger partial charge on any atom is 0.223 e. The number of carbonyl (C=O) groups excluding carboxylic acids is 1. The predicted molar refractivity (Wildman–Crippen MR) is 104 cm³/mol. The van der Waals surface area contributed by atoms with Crippen molar-refractivity contribution >= 4 is 5.91 Å². The number of amides is 1. The molecule has 2 aromatic rings. The van der Waals surface area contributed by atoms with Gasteiger partial charge in [0.1, 0.15) is 11.6 Å². The SMILES string of the molecule is CN1CCc2nnc([C@H]3CCCN3C(=O)CCCc3ccc(F)cc3)n2CC1. The van der Waals surface area contributed by atoms with Crippen molar-refractivity contribution in [2.24, 2.45) is 0 Å². The van der Waals surface area contributed by atoms with Gasteiger partial charge in [0.05, 0.1) is 6.04 Å². The van der Waals surface area contributed by atoms with Gasteiger partial charge in [-0.05, 0) is 50.4 Å². The molecule has 3 heterocycles. The summed E-state index contributed by atoms with van der Waals surface area (Å²) >= 11 is 0. The van der Waals surface area contributed by atoms with E-state index in [9.17, 15) is 9.18 Å². The molecule has 0 spiro atoms. The van der Waals surface area contributed by atoms with Gasteiger partial charge in [0, 0.05) is 39.0 Å². The molecular weight excluding hydrogens is 357 g/mol. The van der Waals surface area contributed by atoms with Gasteiger partial charge in [-0.15, -0.1) is 10.2 Å². The van der Waals surface area contributed by atoms with Crippen LogP contribution >= 0.6 is 0 Å². The van der Waals surface area contributed by atoms with Crippen molar-refractivity contribution < 1.29 is 9.18 Å². The number of likely N-dealkylation sites (tertiary alicyclic amines) is 1. The van der Waals surface area contributed by atoms with Gasteiger partial charge in [-0.25, -0.2) is 4.39 Å². The zero-order valence-electron chi connectivity index (χ0n) is 16.5. The summed E-state index contributed by atoms with van der Waals surface area (Å²) in [6.07, 6.45) is 4.95. The third-order valence-corrected chi connectivity index (χ3v) is 5.92. The van der Waals surface area contributed by atoms with Crippen LogP contribution in [0.25, 0.3) is 0 Å². The summed E-state index contributed by atoms with van der Waals surface area (Å²) in [5, 5.41) is 8.90. The Labute approximate surface area is 165 Å². The molecule has 0 bridgehead atoms. The number of aryl methyl sites for hydroxylation is 1. The number of likely N-dealkylation sites (N-methyl/N-ethyl adjacent to an activating group) is 1. The quantitative estimate of drug-likeness (QED) is 0.794. The lowest BCUT2D eigenvalue weighted by molar-refractivity contribution is -0.132. The standard InChI is InChI=1S/C21H28FN5O/c1-25-13-11-19-23-24-21(27(19)15-14-25)18-5-3-12-26(18)20(28)6-2-4-16-7-9-17(22)10-8-16/h7-10,18H,2-6,11-15H2,1H3/t18-/m1/s1. The molecule has 2 aliphatic heterocycles. The van der Waals surface area contributed by atoms with Gasteiger partial charge >= 0.3 is 0 Å². The summed E-state index contributed by atoms with van der Waals surface area (Å²) in [5.41, 5.74) is 1.07. The van der Waals surface area contributed by atoms with E-state index >= 15 is 0 Å². The first-order chi connectivity index (χ1) is 13.6. The Kier molecular flexibility index (Phi) is 5.71. The molecule has 2 aliphatic rings. The largest absolute Gasteiger partial charge is 0.332 e. The Balaban J connectivity index is 1.39. The lowest BCUT2D eigenvalue weighted by Gasteiger charge is -2.25. The molecule has 0 N–H and O–H groups in total. The Hall–Kier alpha value is -2.28. The van der Waals surface area contributed by atoms with Crippen molar-refractivity contribution in [3.05, 3.63) is 47.3 Å². The monoisotopic (exact) mass is 385 g/mol. The van der Waals surface area contributed by atoms with E-state index in [0.717, 1.165) is 75.5 Å². The highest BCUT2D eigenvalue weighted by atomic mass is 19.1. The fourth-order valence-electron chi connectivity index (χ4n) is 4.27. The average Bonchev–Trinajstić information content (AvgIpc) is 3.28. The molecule has 6 nitrogen and oxygen atoms in total. The number of hydrogen-bond donors (Lipinski definition) is 0. The molecule has 4 rings (SSSR count). The van der Waals surface area contributed by atoms with E-state index in [1.54, 1.807) is 12.1 Å². The fraction of sp³-hybridized carbons (Fsp3) is 0.571. The van der Waals surface area contributed by atoms with Crippen LogP contribution in [0.1, 0.15) is 48.9 Å². The number of aromatic nitrogens is 3. The highest BCUT2D eigenvalue weighted by Gasteiger charge is 2.34. The lowest BCUT2D eigenvalue weighted by Crippen LogP contribution is -2.32. The van der Waals surface area contributed by atoms with Crippen LogP contribution in [0.15, 0.2) is 24.3 Å². The van der Waals surface area contributed by atoms with Crippen LogP contribution in [-0.2, 0) is 24.2 Å².